The molecule has 9 heteroatoms. The predicted octanol–water partition coefficient (Wildman–Crippen LogP) is 4.38. The van der Waals surface area contributed by atoms with E-state index in [9.17, 15) is 9.59 Å². The van der Waals surface area contributed by atoms with Crippen molar-refractivity contribution in [2.75, 3.05) is 6.54 Å². The molecular weight excluding hydrogens is 468 g/mol. The van der Waals surface area contributed by atoms with Crippen LogP contribution in [0.15, 0.2) is 46.3 Å². The molecule has 0 unspecified atom stereocenters. The van der Waals surface area contributed by atoms with Crippen LogP contribution < -0.4 is 5.32 Å². The van der Waals surface area contributed by atoms with Crippen LogP contribution in [0, 0.1) is 0 Å². The van der Waals surface area contributed by atoms with E-state index >= 15 is 0 Å². The van der Waals surface area contributed by atoms with Gasteiger partial charge < -0.3 is 10.4 Å². The zero-order valence-corrected chi connectivity index (χ0v) is 19.5. The van der Waals surface area contributed by atoms with Gasteiger partial charge in [0.15, 0.2) is 5.16 Å². The summed E-state index contributed by atoms with van der Waals surface area (Å²) < 4.78 is 1.44. The van der Waals surface area contributed by atoms with Gasteiger partial charge in [-0.15, -0.1) is 10.2 Å². The number of hydrogen-bond donors (Lipinski definition) is 2. The largest absolute Gasteiger partial charge is 0.480 e. The maximum Gasteiger partial charge on any atom is 0.322 e. The zero-order chi connectivity index (χ0) is 22.1. The van der Waals surface area contributed by atoms with E-state index in [1.807, 2.05) is 22.8 Å². The molecule has 0 aliphatic rings. The quantitative estimate of drug-likeness (QED) is 0.477. The fourth-order valence-corrected chi connectivity index (χ4v) is 4.70. The maximum absolute atomic E-state index is 12.5. The van der Waals surface area contributed by atoms with Crippen molar-refractivity contribution in [2.24, 2.45) is 0 Å². The SMILES string of the molecule is CC(C)c1ccc(-n2c(Br)nnc2SC(C)(C)C(=O)NCC(=O)O)c2ccccc12. The van der Waals surface area contributed by atoms with E-state index in [1.165, 1.54) is 17.3 Å². The van der Waals surface area contributed by atoms with Crippen molar-refractivity contribution in [2.45, 2.75) is 43.5 Å². The van der Waals surface area contributed by atoms with Gasteiger partial charge in [0.25, 0.3) is 0 Å². The first kappa shape index (κ1) is 22.3. The van der Waals surface area contributed by atoms with E-state index in [1.54, 1.807) is 13.8 Å². The Bertz CT molecular complexity index is 1110. The second-order valence-electron chi connectivity index (χ2n) is 7.65. The number of carbonyl (C=O) groups is 2. The molecule has 0 aliphatic heterocycles. The molecular formula is C21H23BrN4O3S. The Kier molecular flexibility index (Phi) is 6.52. The minimum Gasteiger partial charge on any atom is -0.480 e. The predicted molar refractivity (Wildman–Crippen MR) is 121 cm³/mol. The number of amides is 1. The Labute approximate surface area is 187 Å². The second-order valence-corrected chi connectivity index (χ2v) is 9.95. The van der Waals surface area contributed by atoms with E-state index in [2.05, 4.69) is 63.5 Å². The molecule has 2 aromatic carbocycles. The molecule has 1 aromatic heterocycles. The molecule has 0 saturated carbocycles. The van der Waals surface area contributed by atoms with Crippen LogP contribution in [0.1, 0.15) is 39.2 Å². The van der Waals surface area contributed by atoms with Crippen LogP contribution >= 0.6 is 27.7 Å². The first-order chi connectivity index (χ1) is 14.1. The van der Waals surface area contributed by atoms with Crippen molar-refractivity contribution in [1.82, 2.24) is 20.1 Å². The van der Waals surface area contributed by atoms with Gasteiger partial charge in [-0.3, -0.25) is 14.2 Å². The Morgan fingerprint density at radius 1 is 1.17 bits per heavy atom. The second kappa shape index (κ2) is 8.77. The standard InChI is InChI=1S/C21H23BrN4O3S/c1-12(2)13-9-10-16(15-8-6-5-7-14(13)15)26-19(22)24-25-20(26)30-21(3,4)18(29)23-11-17(27)28/h5-10,12H,11H2,1-4H3,(H,23,29)(H,27,28). The number of carboxylic acids is 1. The van der Waals surface area contributed by atoms with Crippen LogP contribution in [0.25, 0.3) is 16.5 Å². The number of hydrogen-bond acceptors (Lipinski definition) is 5. The van der Waals surface area contributed by atoms with Gasteiger partial charge in [0.05, 0.1) is 10.4 Å². The molecule has 3 rings (SSSR count). The maximum atomic E-state index is 12.5. The van der Waals surface area contributed by atoms with Crippen molar-refractivity contribution in [3.63, 3.8) is 0 Å². The van der Waals surface area contributed by atoms with Crippen molar-refractivity contribution < 1.29 is 14.7 Å². The lowest BCUT2D eigenvalue weighted by molar-refractivity contribution is -0.138. The summed E-state index contributed by atoms with van der Waals surface area (Å²) in [6.07, 6.45) is 0. The molecule has 0 fully saturated rings. The summed E-state index contributed by atoms with van der Waals surface area (Å²) in [5.74, 6) is -1.11. The average Bonchev–Trinajstić information content (AvgIpc) is 3.04. The Morgan fingerprint density at radius 3 is 2.47 bits per heavy atom. The molecule has 158 valence electrons. The summed E-state index contributed by atoms with van der Waals surface area (Å²) in [7, 11) is 0. The normalized spacial score (nSPS) is 11.8. The first-order valence-electron chi connectivity index (χ1n) is 9.44. The number of carboxylic acid groups (broad SMARTS) is 1. The van der Waals surface area contributed by atoms with Gasteiger partial charge in [0.1, 0.15) is 6.54 Å². The van der Waals surface area contributed by atoms with Crippen LogP contribution in [0.4, 0.5) is 0 Å². The van der Waals surface area contributed by atoms with Gasteiger partial charge >= 0.3 is 5.97 Å². The van der Waals surface area contributed by atoms with E-state index < -0.39 is 17.3 Å². The van der Waals surface area contributed by atoms with Crippen molar-refractivity contribution in [3.05, 3.63) is 46.7 Å². The van der Waals surface area contributed by atoms with Crippen LogP contribution in [0.3, 0.4) is 0 Å². The summed E-state index contributed by atoms with van der Waals surface area (Å²) in [6, 6.07) is 12.3. The van der Waals surface area contributed by atoms with Gasteiger partial charge in [-0.1, -0.05) is 55.9 Å². The van der Waals surface area contributed by atoms with E-state index in [0.29, 0.717) is 15.8 Å². The lowest BCUT2D eigenvalue weighted by atomic mass is 9.95. The number of aromatic nitrogens is 3. The van der Waals surface area contributed by atoms with E-state index in [-0.39, 0.29) is 5.91 Å². The Morgan fingerprint density at radius 2 is 1.83 bits per heavy atom. The molecule has 0 spiro atoms. The highest BCUT2D eigenvalue weighted by atomic mass is 79.9. The molecule has 0 atom stereocenters. The average molecular weight is 491 g/mol. The molecule has 3 aromatic rings. The monoisotopic (exact) mass is 490 g/mol. The number of nitrogens with one attached hydrogen (secondary N) is 1. The van der Waals surface area contributed by atoms with Crippen molar-refractivity contribution >= 4 is 50.3 Å². The number of rotatable bonds is 7. The lowest BCUT2D eigenvalue weighted by Crippen LogP contribution is -2.42. The number of thioether (sulfide) groups is 1. The minimum atomic E-state index is -1.09. The third-order valence-electron chi connectivity index (χ3n) is 4.68. The first-order valence-corrected chi connectivity index (χ1v) is 11.0. The highest BCUT2D eigenvalue weighted by Crippen LogP contribution is 2.37. The fraction of sp³-hybridized carbons (Fsp3) is 0.333. The molecule has 30 heavy (non-hydrogen) atoms. The van der Waals surface area contributed by atoms with Gasteiger partial charge in [-0.25, -0.2) is 0 Å². The van der Waals surface area contributed by atoms with E-state index in [4.69, 9.17) is 5.11 Å². The number of halogens is 1. The Hall–Kier alpha value is -2.39. The van der Waals surface area contributed by atoms with Crippen LogP contribution in [-0.2, 0) is 9.59 Å². The summed E-state index contributed by atoms with van der Waals surface area (Å²) in [6.45, 7) is 7.34. The number of benzene rings is 2. The van der Waals surface area contributed by atoms with Gasteiger partial charge in [0, 0.05) is 5.39 Å². The lowest BCUT2D eigenvalue weighted by Gasteiger charge is -2.22. The molecule has 0 saturated heterocycles. The molecule has 0 radical (unpaired) electrons. The summed E-state index contributed by atoms with van der Waals surface area (Å²) >= 11 is 4.70. The zero-order valence-electron chi connectivity index (χ0n) is 17.1. The number of nitrogens with zero attached hydrogens (tertiary/aromatic N) is 3. The third kappa shape index (κ3) is 4.52. The molecule has 0 aliphatic carbocycles. The van der Waals surface area contributed by atoms with Gasteiger partial charge in [-0.2, -0.15) is 0 Å². The number of fused-ring (bicyclic) bond motifs is 1. The molecule has 0 bridgehead atoms. The fourth-order valence-electron chi connectivity index (χ4n) is 3.17. The van der Waals surface area contributed by atoms with Crippen LogP contribution in [0.2, 0.25) is 0 Å². The summed E-state index contributed by atoms with van der Waals surface area (Å²) in [5, 5.41) is 22.4. The third-order valence-corrected chi connectivity index (χ3v) is 6.34. The van der Waals surface area contributed by atoms with Crippen molar-refractivity contribution in [1.29, 1.82) is 0 Å². The smallest absolute Gasteiger partial charge is 0.322 e. The molecule has 7 nitrogen and oxygen atoms in total. The summed E-state index contributed by atoms with van der Waals surface area (Å²) in [5.41, 5.74) is 2.15. The van der Waals surface area contributed by atoms with E-state index in [0.717, 1.165) is 16.5 Å². The van der Waals surface area contributed by atoms with Crippen LogP contribution in [-0.4, -0.2) is 43.0 Å². The number of carbonyl (C=O) groups excluding carboxylic acids is 1. The highest BCUT2D eigenvalue weighted by molar-refractivity contribution is 9.10. The summed E-state index contributed by atoms with van der Waals surface area (Å²) in [4.78, 5) is 23.3. The topological polar surface area (TPSA) is 97.1 Å². The molecule has 1 amide bonds. The number of aliphatic carboxylic acids is 1. The molecule has 1 heterocycles. The van der Waals surface area contributed by atoms with Crippen LogP contribution in [0.5, 0.6) is 0 Å². The molecule has 2 N–H and O–H groups in total. The Balaban J connectivity index is 2.04. The van der Waals surface area contributed by atoms with Gasteiger partial charge in [0.2, 0.25) is 10.6 Å². The van der Waals surface area contributed by atoms with Crippen molar-refractivity contribution in [3.8, 4) is 5.69 Å². The minimum absolute atomic E-state index is 0.374. The highest BCUT2D eigenvalue weighted by Gasteiger charge is 2.32. The van der Waals surface area contributed by atoms with Gasteiger partial charge in [-0.05, 0) is 52.7 Å².